The summed E-state index contributed by atoms with van der Waals surface area (Å²) < 4.78 is 12.9. The monoisotopic (exact) mass is 310 g/mol. The van der Waals surface area contributed by atoms with Crippen molar-refractivity contribution in [2.75, 3.05) is 5.32 Å². The van der Waals surface area contributed by atoms with Crippen molar-refractivity contribution < 1.29 is 9.31 Å². The molecule has 7 heteroatoms. The molecule has 0 fully saturated rings. The molecule has 0 spiro atoms. The van der Waals surface area contributed by atoms with E-state index in [9.17, 15) is 14.5 Å². The Kier molecular flexibility index (Phi) is 3.92. The van der Waals surface area contributed by atoms with Crippen molar-refractivity contribution in [2.24, 2.45) is 0 Å². The molecule has 0 radical (unpaired) electrons. The first kappa shape index (κ1) is 14.6. The van der Waals surface area contributed by atoms with Crippen molar-refractivity contribution in [2.45, 2.75) is 0 Å². The molecule has 1 N–H and O–H groups in total. The maximum atomic E-state index is 12.9. The highest BCUT2D eigenvalue weighted by atomic mass is 19.1. The van der Waals surface area contributed by atoms with Crippen molar-refractivity contribution in [3.05, 3.63) is 76.7 Å². The Hall–Kier alpha value is -3.35. The van der Waals surface area contributed by atoms with Gasteiger partial charge in [-0.3, -0.25) is 10.1 Å². The molecule has 0 aliphatic heterocycles. The van der Waals surface area contributed by atoms with Crippen LogP contribution in [0, 0.1) is 15.9 Å². The molecular formula is C16H11FN4O2. The van der Waals surface area contributed by atoms with Crippen LogP contribution in [0.1, 0.15) is 0 Å². The van der Waals surface area contributed by atoms with Crippen LogP contribution in [-0.4, -0.2) is 14.9 Å². The Morgan fingerprint density at radius 3 is 2.61 bits per heavy atom. The number of nitro benzene ring substituents is 1. The van der Waals surface area contributed by atoms with Crippen molar-refractivity contribution >= 4 is 17.3 Å². The molecule has 0 aliphatic carbocycles. The average Bonchev–Trinajstić information content (AvgIpc) is 2.57. The first-order valence-corrected chi connectivity index (χ1v) is 6.72. The van der Waals surface area contributed by atoms with Gasteiger partial charge in [-0.25, -0.2) is 14.4 Å². The highest BCUT2D eigenvalue weighted by Gasteiger charge is 2.09. The maximum absolute atomic E-state index is 12.9. The van der Waals surface area contributed by atoms with E-state index in [0.29, 0.717) is 22.9 Å². The summed E-state index contributed by atoms with van der Waals surface area (Å²) in [4.78, 5) is 18.8. The third kappa shape index (κ3) is 3.46. The first-order valence-electron chi connectivity index (χ1n) is 6.72. The van der Waals surface area contributed by atoms with E-state index in [4.69, 9.17) is 0 Å². The molecule has 3 rings (SSSR count). The minimum Gasteiger partial charge on any atom is -0.324 e. The van der Waals surface area contributed by atoms with Gasteiger partial charge in [0, 0.05) is 29.6 Å². The highest BCUT2D eigenvalue weighted by molar-refractivity contribution is 5.64. The number of anilines is 2. The summed E-state index contributed by atoms with van der Waals surface area (Å²) in [5, 5.41) is 13.8. The summed E-state index contributed by atoms with van der Waals surface area (Å²) in [5.41, 5.74) is 1.80. The lowest BCUT2D eigenvalue weighted by Crippen LogP contribution is -1.98. The molecule has 0 atom stereocenters. The molecule has 23 heavy (non-hydrogen) atoms. The molecule has 1 aromatic heterocycles. The number of non-ortho nitro benzene ring substituents is 1. The van der Waals surface area contributed by atoms with E-state index in [0.717, 1.165) is 0 Å². The Balaban J connectivity index is 1.89. The van der Waals surface area contributed by atoms with E-state index in [1.54, 1.807) is 36.5 Å². The standard InChI is InChI=1S/C16H11FN4O2/c17-12-4-6-13(7-5-12)19-16-18-9-8-15(20-16)11-2-1-3-14(10-11)21(22)23/h1-10H,(H,18,19,20). The number of rotatable bonds is 4. The topological polar surface area (TPSA) is 81.0 Å². The fourth-order valence-electron chi connectivity index (χ4n) is 2.02. The van der Waals surface area contributed by atoms with Crippen molar-refractivity contribution in [1.29, 1.82) is 0 Å². The van der Waals surface area contributed by atoms with E-state index in [1.807, 2.05) is 0 Å². The average molecular weight is 310 g/mol. The van der Waals surface area contributed by atoms with Crippen molar-refractivity contribution in [3.8, 4) is 11.3 Å². The third-order valence-electron chi connectivity index (χ3n) is 3.11. The van der Waals surface area contributed by atoms with Gasteiger partial charge in [0.25, 0.3) is 5.69 Å². The molecule has 2 aromatic carbocycles. The fraction of sp³-hybridized carbons (Fsp3) is 0. The number of aromatic nitrogens is 2. The SMILES string of the molecule is O=[N+]([O-])c1cccc(-c2ccnc(Nc3ccc(F)cc3)n2)c1. The normalized spacial score (nSPS) is 10.3. The van der Waals surface area contributed by atoms with Crippen LogP contribution in [-0.2, 0) is 0 Å². The number of benzene rings is 2. The first-order chi connectivity index (χ1) is 11.1. The minimum atomic E-state index is -0.456. The lowest BCUT2D eigenvalue weighted by atomic mass is 10.1. The second kappa shape index (κ2) is 6.18. The molecule has 114 valence electrons. The second-order valence-corrected chi connectivity index (χ2v) is 4.70. The molecule has 0 aliphatic rings. The van der Waals surface area contributed by atoms with Gasteiger partial charge in [-0.15, -0.1) is 0 Å². The number of nitrogens with zero attached hydrogens (tertiary/aromatic N) is 3. The molecule has 0 bridgehead atoms. The van der Waals surface area contributed by atoms with Crippen LogP contribution in [0.4, 0.5) is 21.7 Å². The van der Waals surface area contributed by atoms with E-state index >= 15 is 0 Å². The van der Waals surface area contributed by atoms with Crippen LogP contribution in [0.25, 0.3) is 11.3 Å². The molecule has 0 unspecified atom stereocenters. The van der Waals surface area contributed by atoms with Gasteiger partial charge in [0.15, 0.2) is 0 Å². The number of hydrogen-bond donors (Lipinski definition) is 1. The third-order valence-corrected chi connectivity index (χ3v) is 3.11. The van der Waals surface area contributed by atoms with E-state index < -0.39 is 4.92 Å². The summed E-state index contributed by atoms with van der Waals surface area (Å²) in [6.45, 7) is 0. The molecular weight excluding hydrogens is 299 g/mol. The Bertz CT molecular complexity index is 853. The number of nitro groups is 1. The van der Waals surface area contributed by atoms with Crippen molar-refractivity contribution in [1.82, 2.24) is 9.97 Å². The molecule has 6 nitrogen and oxygen atoms in total. The van der Waals surface area contributed by atoms with Crippen molar-refractivity contribution in [3.63, 3.8) is 0 Å². The fourth-order valence-corrected chi connectivity index (χ4v) is 2.02. The van der Waals surface area contributed by atoms with Gasteiger partial charge in [-0.05, 0) is 30.3 Å². The van der Waals surface area contributed by atoms with Gasteiger partial charge >= 0.3 is 0 Å². The van der Waals surface area contributed by atoms with Crippen LogP contribution in [0.3, 0.4) is 0 Å². The maximum Gasteiger partial charge on any atom is 0.270 e. The molecule has 0 amide bonds. The van der Waals surface area contributed by atoms with Crippen LogP contribution in [0.2, 0.25) is 0 Å². The predicted octanol–water partition coefficient (Wildman–Crippen LogP) is 3.93. The lowest BCUT2D eigenvalue weighted by molar-refractivity contribution is -0.384. The highest BCUT2D eigenvalue weighted by Crippen LogP contribution is 2.23. The number of halogens is 1. The lowest BCUT2D eigenvalue weighted by Gasteiger charge is -2.06. The Labute approximate surface area is 130 Å². The van der Waals surface area contributed by atoms with Gasteiger partial charge in [0.05, 0.1) is 10.6 Å². The zero-order valence-corrected chi connectivity index (χ0v) is 11.8. The van der Waals surface area contributed by atoms with Gasteiger partial charge in [-0.1, -0.05) is 12.1 Å². The van der Waals surface area contributed by atoms with Gasteiger partial charge < -0.3 is 5.32 Å². The number of hydrogen-bond acceptors (Lipinski definition) is 5. The summed E-state index contributed by atoms with van der Waals surface area (Å²) in [5.74, 6) is -0.0116. The molecule has 0 saturated carbocycles. The van der Waals surface area contributed by atoms with E-state index in [-0.39, 0.29) is 11.5 Å². The molecule has 3 aromatic rings. The smallest absolute Gasteiger partial charge is 0.270 e. The predicted molar refractivity (Wildman–Crippen MR) is 83.8 cm³/mol. The quantitative estimate of drug-likeness (QED) is 0.583. The summed E-state index contributed by atoms with van der Waals surface area (Å²) in [7, 11) is 0. The minimum absolute atomic E-state index is 0.00541. The summed E-state index contributed by atoms with van der Waals surface area (Å²) in [6, 6.07) is 13.7. The molecule has 0 saturated heterocycles. The van der Waals surface area contributed by atoms with Crippen LogP contribution in [0.15, 0.2) is 60.8 Å². The van der Waals surface area contributed by atoms with Gasteiger partial charge in [-0.2, -0.15) is 0 Å². The Morgan fingerprint density at radius 2 is 1.87 bits per heavy atom. The Morgan fingerprint density at radius 1 is 1.09 bits per heavy atom. The number of nitrogens with one attached hydrogen (secondary N) is 1. The van der Waals surface area contributed by atoms with Gasteiger partial charge in [0.1, 0.15) is 5.82 Å². The largest absolute Gasteiger partial charge is 0.324 e. The van der Waals surface area contributed by atoms with E-state index in [2.05, 4.69) is 15.3 Å². The van der Waals surface area contributed by atoms with Gasteiger partial charge in [0.2, 0.25) is 5.95 Å². The van der Waals surface area contributed by atoms with Crippen LogP contribution < -0.4 is 5.32 Å². The second-order valence-electron chi connectivity index (χ2n) is 4.70. The van der Waals surface area contributed by atoms with Crippen LogP contribution >= 0.6 is 0 Å². The summed E-state index contributed by atoms with van der Waals surface area (Å²) in [6.07, 6.45) is 1.55. The zero-order chi connectivity index (χ0) is 16.2. The molecule has 1 heterocycles. The van der Waals surface area contributed by atoms with E-state index in [1.165, 1.54) is 24.3 Å². The zero-order valence-electron chi connectivity index (χ0n) is 11.8. The summed E-state index contributed by atoms with van der Waals surface area (Å²) >= 11 is 0. The van der Waals surface area contributed by atoms with Crippen LogP contribution in [0.5, 0.6) is 0 Å².